The van der Waals surface area contributed by atoms with Crippen LogP contribution in [0.4, 0.5) is 4.79 Å². The van der Waals surface area contributed by atoms with Crippen molar-refractivity contribution < 1.29 is 38.4 Å². The van der Waals surface area contributed by atoms with E-state index in [1.54, 1.807) is 20.8 Å². The van der Waals surface area contributed by atoms with Gasteiger partial charge in [0.15, 0.2) is 6.10 Å². The van der Waals surface area contributed by atoms with Crippen LogP contribution in [0.25, 0.3) is 11.0 Å². The first-order valence-corrected chi connectivity index (χ1v) is 9.67. The third kappa shape index (κ3) is 4.49. The minimum atomic E-state index is -1.34. The van der Waals surface area contributed by atoms with Gasteiger partial charge in [0.2, 0.25) is 6.29 Å². The Bertz CT molecular complexity index is 1070. The maximum Gasteiger partial charge on any atom is 0.404 e. The molecule has 10 heteroatoms. The van der Waals surface area contributed by atoms with E-state index >= 15 is 0 Å². The second-order valence-electron chi connectivity index (χ2n) is 8.14. The van der Waals surface area contributed by atoms with Crippen molar-refractivity contribution in [2.75, 3.05) is 0 Å². The van der Waals surface area contributed by atoms with Gasteiger partial charge in [0, 0.05) is 18.4 Å². The van der Waals surface area contributed by atoms with E-state index in [2.05, 4.69) is 0 Å². The third-order valence-electron chi connectivity index (χ3n) is 5.50. The van der Waals surface area contributed by atoms with Crippen LogP contribution < -0.4 is 16.1 Å². The Morgan fingerprint density at radius 2 is 1.97 bits per heavy atom. The highest BCUT2D eigenvalue weighted by Crippen LogP contribution is 2.37. The number of amides is 1. The fourth-order valence-corrected chi connectivity index (χ4v) is 3.54. The maximum absolute atomic E-state index is 12.2. The normalized spacial score (nSPS) is 25.2. The number of ketones is 1. The van der Waals surface area contributed by atoms with Crippen LogP contribution in [0.2, 0.25) is 0 Å². The summed E-state index contributed by atoms with van der Waals surface area (Å²) < 4.78 is 21.9. The van der Waals surface area contributed by atoms with Crippen LogP contribution in [0.5, 0.6) is 11.5 Å². The Balaban J connectivity index is 1.92. The molecule has 1 aromatic heterocycles. The van der Waals surface area contributed by atoms with E-state index in [-0.39, 0.29) is 46.2 Å². The molecule has 4 N–H and O–H groups in total. The van der Waals surface area contributed by atoms with Gasteiger partial charge in [0.05, 0.1) is 16.6 Å². The van der Waals surface area contributed by atoms with Gasteiger partial charge in [0.25, 0.3) is 0 Å². The molecular formula is C21H25NO9. The van der Waals surface area contributed by atoms with Gasteiger partial charge in [-0.2, -0.15) is 0 Å². The highest BCUT2D eigenvalue weighted by molar-refractivity contribution is 5.87. The van der Waals surface area contributed by atoms with E-state index < -0.39 is 35.8 Å². The summed E-state index contributed by atoms with van der Waals surface area (Å²) in [6.07, 6.45) is -4.81. The lowest BCUT2D eigenvalue weighted by Crippen LogP contribution is -2.60. The fraction of sp³-hybridized carbons (Fsp3) is 0.476. The highest BCUT2D eigenvalue weighted by Gasteiger charge is 2.50. The summed E-state index contributed by atoms with van der Waals surface area (Å²) in [7, 11) is 0. The molecule has 1 amide bonds. The van der Waals surface area contributed by atoms with Gasteiger partial charge in [-0.3, -0.25) is 4.79 Å². The summed E-state index contributed by atoms with van der Waals surface area (Å²) in [4.78, 5) is 34.8. The predicted octanol–water partition coefficient (Wildman–Crippen LogP) is 1.60. The van der Waals surface area contributed by atoms with Crippen LogP contribution in [0.15, 0.2) is 27.4 Å². The van der Waals surface area contributed by atoms with Crippen LogP contribution in [0.3, 0.4) is 0 Å². The number of primary amides is 1. The quantitative estimate of drug-likeness (QED) is 0.593. The smallest absolute Gasteiger partial charge is 0.404 e. The van der Waals surface area contributed by atoms with Crippen LogP contribution in [-0.4, -0.2) is 46.2 Å². The molecule has 1 saturated heterocycles. The zero-order valence-electron chi connectivity index (χ0n) is 17.6. The number of ether oxygens (including phenoxy) is 3. The minimum absolute atomic E-state index is 0.0233. The van der Waals surface area contributed by atoms with E-state index in [1.165, 1.54) is 25.1 Å². The van der Waals surface area contributed by atoms with Gasteiger partial charge < -0.3 is 34.6 Å². The van der Waals surface area contributed by atoms with E-state index in [1.807, 2.05) is 0 Å². The maximum atomic E-state index is 12.2. The number of benzene rings is 1. The number of hydrogen-bond acceptors (Lipinski definition) is 9. The molecule has 0 spiro atoms. The number of aromatic hydroxyl groups is 1. The predicted molar refractivity (Wildman–Crippen MR) is 108 cm³/mol. The van der Waals surface area contributed by atoms with Gasteiger partial charge in [-0.05, 0) is 32.9 Å². The summed E-state index contributed by atoms with van der Waals surface area (Å²) in [6.45, 7) is 6.56. The Kier molecular flexibility index (Phi) is 5.97. The molecule has 31 heavy (non-hydrogen) atoms. The fourth-order valence-electron chi connectivity index (χ4n) is 3.54. The number of nitrogens with two attached hydrogens (primary N) is 1. The molecule has 0 aliphatic carbocycles. The van der Waals surface area contributed by atoms with Crippen molar-refractivity contribution in [1.29, 1.82) is 0 Å². The zero-order valence-corrected chi connectivity index (χ0v) is 17.6. The van der Waals surface area contributed by atoms with Gasteiger partial charge in [-0.25, -0.2) is 9.59 Å². The molecule has 168 valence electrons. The van der Waals surface area contributed by atoms with Crippen molar-refractivity contribution in [3.05, 3.63) is 34.2 Å². The highest BCUT2D eigenvalue weighted by atomic mass is 16.7. The summed E-state index contributed by atoms with van der Waals surface area (Å²) in [6, 6.07) is 4.27. The van der Waals surface area contributed by atoms with Gasteiger partial charge >= 0.3 is 11.7 Å². The lowest BCUT2D eigenvalue weighted by atomic mass is 9.82. The molecule has 1 aromatic carbocycles. The first-order chi connectivity index (χ1) is 14.4. The van der Waals surface area contributed by atoms with Gasteiger partial charge in [0.1, 0.15) is 29.0 Å². The van der Waals surface area contributed by atoms with Crippen molar-refractivity contribution >= 4 is 22.8 Å². The first-order valence-electron chi connectivity index (χ1n) is 9.67. The van der Waals surface area contributed by atoms with Crippen LogP contribution in [0, 0.1) is 5.92 Å². The number of fused-ring (bicyclic) bond motifs is 1. The Morgan fingerprint density at radius 1 is 1.29 bits per heavy atom. The lowest BCUT2D eigenvalue weighted by Gasteiger charge is -2.47. The number of carbonyl (C=O) groups excluding carboxylic acids is 2. The third-order valence-corrected chi connectivity index (χ3v) is 5.50. The summed E-state index contributed by atoms with van der Waals surface area (Å²) >= 11 is 0. The number of carbonyl (C=O) groups is 2. The Hall–Kier alpha value is -3.11. The minimum Gasteiger partial charge on any atom is -0.507 e. The molecule has 3 rings (SSSR count). The molecule has 0 saturated carbocycles. The van der Waals surface area contributed by atoms with Crippen LogP contribution in [0.1, 0.15) is 33.3 Å². The van der Waals surface area contributed by atoms with Crippen LogP contribution >= 0.6 is 0 Å². The molecule has 10 nitrogen and oxygen atoms in total. The Morgan fingerprint density at radius 3 is 2.58 bits per heavy atom. The second kappa shape index (κ2) is 8.20. The second-order valence-corrected chi connectivity index (χ2v) is 8.14. The van der Waals surface area contributed by atoms with Crippen molar-refractivity contribution in [2.45, 2.75) is 58.2 Å². The van der Waals surface area contributed by atoms with E-state index in [0.29, 0.717) is 0 Å². The lowest BCUT2D eigenvalue weighted by molar-refractivity contribution is -0.283. The first kappa shape index (κ1) is 22.6. The average Bonchev–Trinajstić information content (AvgIpc) is 2.66. The van der Waals surface area contributed by atoms with Gasteiger partial charge in [-0.15, -0.1) is 0 Å². The number of Topliss-reactive ketones (excluding diaryl/α,β-unsaturated/α-hetero) is 1. The van der Waals surface area contributed by atoms with Gasteiger partial charge in [-0.1, -0.05) is 6.92 Å². The molecule has 4 atom stereocenters. The average molecular weight is 435 g/mol. The molecule has 0 radical (unpaired) electrons. The van der Waals surface area contributed by atoms with Crippen molar-refractivity contribution in [1.82, 2.24) is 0 Å². The SMILES string of the molecule is CC(=O)Cc1c(O)c2ccc(OC3OC(C)(C)[C@H](C)[C@H](OC(N)=O)[C@@H]3O)cc2oc1=O. The van der Waals surface area contributed by atoms with Crippen molar-refractivity contribution in [3.63, 3.8) is 0 Å². The van der Waals surface area contributed by atoms with Crippen LogP contribution in [-0.2, 0) is 20.7 Å². The van der Waals surface area contributed by atoms with Crippen molar-refractivity contribution in [3.8, 4) is 11.5 Å². The summed E-state index contributed by atoms with van der Waals surface area (Å²) in [5.41, 5.74) is 3.36. The number of rotatable bonds is 5. The molecule has 1 unspecified atom stereocenters. The largest absolute Gasteiger partial charge is 0.507 e. The number of aliphatic hydroxyl groups excluding tert-OH is 1. The monoisotopic (exact) mass is 435 g/mol. The van der Waals surface area contributed by atoms with E-state index in [9.17, 15) is 24.6 Å². The topological polar surface area (TPSA) is 159 Å². The summed E-state index contributed by atoms with van der Waals surface area (Å²) in [5, 5.41) is 21.2. The van der Waals surface area contributed by atoms with E-state index in [4.69, 9.17) is 24.4 Å². The number of hydrogen-bond donors (Lipinski definition) is 3. The molecule has 1 fully saturated rings. The van der Waals surface area contributed by atoms with Crippen molar-refractivity contribution in [2.24, 2.45) is 11.7 Å². The summed E-state index contributed by atoms with van der Waals surface area (Å²) in [5.74, 6) is -0.857. The molecule has 1 aliphatic heterocycles. The molecule has 1 aliphatic rings. The zero-order chi connectivity index (χ0) is 23.1. The molecule has 2 heterocycles. The molecular weight excluding hydrogens is 410 g/mol. The molecule has 2 aromatic rings. The molecule has 0 bridgehead atoms. The number of aliphatic hydroxyl groups is 1. The Labute approximate surface area is 177 Å². The van der Waals surface area contributed by atoms with E-state index in [0.717, 1.165) is 0 Å². The standard InChI is InChI=1S/C21H25NO9/c1-9(23)7-13-15(24)12-6-5-11(8-14(12)29-18(13)26)28-19-16(25)17(30-20(22)27)10(2)21(3,4)31-19/h5-6,8,10,16-17,19,24-25H,7H2,1-4H3,(H2,22,27)/t10-,16+,17+,19?/m1/s1.